The Balaban J connectivity index is 1.93. The zero-order valence-corrected chi connectivity index (χ0v) is 13.2. The van der Waals surface area contributed by atoms with Crippen LogP contribution in [0.25, 0.3) is 0 Å². The average Bonchev–Trinajstić information content (AvgIpc) is 2.37. The van der Waals surface area contributed by atoms with Gasteiger partial charge in [-0.3, -0.25) is 9.88 Å². The molecule has 106 valence electrons. The molecule has 2 heterocycles. The van der Waals surface area contributed by atoms with Gasteiger partial charge in [-0.25, -0.2) is 0 Å². The first kappa shape index (κ1) is 14.6. The number of halogens is 1. The minimum absolute atomic E-state index is 0.746. The molecule has 0 unspecified atom stereocenters. The van der Waals surface area contributed by atoms with E-state index in [1.807, 2.05) is 6.20 Å². The summed E-state index contributed by atoms with van der Waals surface area (Å²) in [6, 6.07) is 0. The van der Waals surface area contributed by atoms with Crippen LogP contribution >= 0.6 is 15.9 Å². The fourth-order valence-electron chi connectivity index (χ4n) is 2.31. The monoisotopic (exact) mass is 327 g/mol. The SMILES string of the molecule is CN(C)CCN1CCN(c2c(N)cncc2Br)CC1. The molecule has 0 aliphatic carbocycles. The van der Waals surface area contributed by atoms with Gasteiger partial charge in [0.05, 0.1) is 22.0 Å². The molecular weight excluding hydrogens is 306 g/mol. The maximum atomic E-state index is 6.03. The van der Waals surface area contributed by atoms with E-state index in [1.54, 1.807) is 6.20 Å². The molecule has 6 heteroatoms. The van der Waals surface area contributed by atoms with Crippen LogP contribution in [0, 0.1) is 0 Å². The van der Waals surface area contributed by atoms with Crippen molar-refractivity contribution in [1.29, 1.82) is 0 Å². The number of likely N-dealkylation sites (N-methyl/N-ethyl adjacent to an activating group) is 1. The third-order valence-electron chi connectivity index (χ3n) is 3.45. The predicted octanol–water partition coefficient (Wildman–Crippen LogP) is 1.11. The van der Waals surface area contributed by atoms with E-state index in [4.69, 9.17) is 5.73 Å². The van der Waals surface area contributed by atoms with Gasteiger partial charge in [-0.05, 0) is 30.0 Å². The maximum Gasteiger partial charge on any atom is 0.0776 e. The molecule has 1 aromatic heterocycles. The maximum absolute atomic E-state index is 6.03. The van der Waals surface area contributed by atoms with Crippen LogP contribution in [0.1, 0.15) is 0 Å². The first-order valence-electron chi connectivity index (χ1n) is 6.59. The van der Waals surface area contributed by atoms with Gasteiger partial charge < -0.3 is 15.5 Å². The van der Waals surface area contributed by atoms with Crippen LogP contribution in [0.5, 0.6) is 0 Å². The number of nitrogen functional groups attached to an aromatic ring is 1. The van der Waals surface area contributed by atoms with Crippen LogP contribution in [0.4, 0.5) is 11.4 Å². The Morgan fingerprint density at radius 3 is 2.53 bits per heavy atom. The highest BCUT2D eigenvalue weighted by Crippen LogP contribution is 2.31. The molecule has 0 spiro atoms. The van der Waals surface area contributed by atoms with Gasteiger partial charge in [-0.15, -0.1) is 0 Å². The van der Waals surface area contributed by atoms with Crippen LogP contribution in [0.3, 0.4) is 0 Å². The number of aromatic nitrogens is 1. The van der Waals surface area contributed by atoms with E-state index in [0.717, 1.165) is 55.1 Å². The van der Waals surface area contributed by atoms with E-state index in [-0.39, 0.29) is 0 Å². The van der Waals surface area contributed by atoms with E-state index >= 15 is 0 Å². The third-order valence-corrected chi connectivity index (χ3v) is 4.03. The summed E-state index contributed by atoms with van der Waals surface area (Å²) in [7, 11) is 4.23. The summed E-state index contributed by atoms with van der Waals surface area (Å²) in [6.45, 7) is 6.44. The Kier molecular flexibility index (Phi) is 5.01. The third kappa shape index (κ3) is 3.81. The van der Waals surface area contributed by atoms with Crippen LogP contribution in [0.2, 0.25) is 0 Å². The van der Waals surface area contributed by atoms with Crippen LogP contribution in [-0.2, 0) is 0 Å². The van der Waals surface area contributed by atoms with Gasteiger partial charge in [0.25, 0.3) is 0 Å². The van der Waals surface area contributed by atoms with E-state index in [1.165, 1.54) is 0 Å². The Morgan fingerprint density at radius 1 is 1.26 bits per heavy atom. The zero-order valence-electron chi connectivity index (χ0n) is 11.6. The van der Waals surface area contributed by atoms with Gasteiger partial charge in [-0.1, -0.05) is 0 Å². The van der Waals surface area contributed by atoms with Crippen molar-refractivity contribution in [3.63, 3.8) is 0 Å². The Morgan fingerprint density at radius 2 is 1.95 bits per heavy atom. The number of nitrogens with zero attached hydrogens (tertiary/aromatic N) is 4. The molecule has 2 N–H and O–H groups in total. The lowest BCUT2D eigenvalue weighted by molar-refractivity contribution is 0.229. The molecule has 0 bridgehead atoms. The van der Waals surface area contributed by atoms with Crippen LogP contribution in [0.15, 0.2) is 16.9 Å². The average molecular weight is 328 g/mol. The van der Waals surface area contributed by atoms with E-state index < -0.39 is 0 Å². The summed E-state index contributed by atoms with van der Waals surface area (Å²) in [5.74, 6) is 0. The van der Waals surface area contributed by atoms with Gasteiger partial charge >= 0.3 is 0 Å². The van der Waals surface area contributed by atoms with E-state index in [9.17, 15) is 0 Å². The second-order valence-corrected chi connectivity index (χ2v) is 6.05. The highest BCUT2D eigenvalue weighted by Gasteiger charge is 2.20. The molecule has 1 aromatic rings. The van der Waals surface area contributed by atoms with Crippen LogP contribution in [-0.4, -0.2) is 68.1 Å². The molecule has 1 fully saturated rings. The Hall–Kier alpha value is -0.850. The lowest BCUT2D eigenvalue weighted by atomic mass is 10.2. The summed E-state index contributed by atoms with van der Waals surface area (Å²) in [4.78, 5) is 11.2. The molecule has 1 saturated heterocycles. The van der Waals surface area contributed by atoms with Crippen molar-refractivity contribution < 1.29 is 0 Å². The molecule has 1 aliphatic heterocycles. The minimum Gasteiger partial charge on any atom is -0.396 e. The number of rotatable bonds is 4. The van der Waals surface area contributed by atoms with Gasteiger partial charge in [0.2, 0.25) is 0 Å². The number of hydrogen-bond donors (Lipinski definition) is 1. The topological polar surface area (TPSA) is 48.6 Å². The van der Waals surface area contributed by atoms with Crippen molar-refractivity contribution in [2.24, 2.45) is 0 Å². The first-order valence-corrected chi connectivity index (χ1v) is 7.38. The van der Waals surface area contributed by atoms with Crippen LogP contribution < -0.4 is 10.6 Å². The summed E-state index contributed by atoms with van der Waals surface area (Å²) in [5.41, 5.74) is 7.86. The van der Waals surface area contributed by atoms with Crippen molar-refractivity contribution in [2.45, 2.75) is 0 Å². The molecule has 0 radical (unpaired) electrons. The second kappa shape index (κ2) is 6.54. The first-order chi connectivity index (χ1) is 9.08. The molecule has 0 aromatic carbocycles. The number of anilines is 2. The predicted molar refractivity (Wildman–Crippen MR) is 83.6 cm³/mol. The molecule has 0 atom stereocenters. The fourth-order valence-corrected chi connectivity index (χ4v) is 2.91. The lowest BCUT2D eigenvalue weighted by Gasteiger charge is -2.37. The van der Waals surface area contributed by atoms with E-state index in [2.05, 4.69) is 49.7 Å². The highest BCUT2D eigenvalue weighted by molar-refractivity contribution is 9.10. The number of piperazine rings is 1. The molecule has 0 amide bonds. The van der Waals surface area contributed by atoms with Gasteiger partial charge in [0.15, 0.2) is 0 Å². The number of nitrogens with two attached hydrogens (primary N) is 1. The summed E-state index contributed by atoms with van der Waals surface area (Å²) in [5, 5.41) is 0. The zero-order chi connectivity index (χ0) is 13.8. The summed E-state index contributed by atoms with van der Waals surface area (Å²) < 4.78 is 0.981. The largest absolute Gasteiger partial charge is 0.396 e. The van der Waals surface area contributed by atoms with Crippen molar-refractivity contribution in [2.75, 3.05) is 64.0 Å². The Labute approximate surface area is 123 Å². The quantitative estimate of drug-likeness (QED) is 0.897. The molecule has 19 heavy (non-hydrogen) atoms. The van der Waals surface area contributed by atoms with Crippen molar-refractivity contribution in [1.82, 2.24) is 14.8 Å². The molecule has 0 saturated carbocycles. The van der Waals surface area contributed by atoms with Gasteiger partial charge in [0, 0.05) is 45.5 Å². The summed E-state index contributed by atoms with van der Waals surface area (Å²) >= 11 is 3.54. The second-order valence-electron chi connectivity index (χ2n) is 5.19. The molecule has 1 aliphatic rings. The number of hydrogen-bond acceptors (Lipinski definition) is 5. The molecular formula is C13H22BrN5. The lowest BCUT2D eigenvalue weighted by Crippen LogP contribution is -2.48. The van der Waals surface area contributed by atoms with Crippen molar-refractivity contribution in [3.8, 4) is 0 Å². The highest BCUT2D eigenvalue weighted by atomic mass is 79.9. The number of pyridine rings is 1. The van der Waals surface area contributed by atoms with Gasteiger partial charge in [0.1, 0.15) is 0 Å². The normalized spacial score (nSPS) is 17.2. The standard InChI is InChI=1S/C13H22BrN5/c1-17(2)3-4-18-5-7-19(8-6-18)13-11(14)9-16-10-12(13)15/h9-10H,3-8,15H2,1-2H3. The van der Waals surface area contributed by atoms with Crippen molar-refractivity contribution in [3.05, 3.63) is 16.9 Å². The van der Waals surface area contributed by atoms with E-state index in [0.29, 0.717) is 0 Å². The smallest absolute Gasteiger partial charge is 0.0776 e. The minimum atomic E-state index is 0.746. The fraction of sp³-hybridized carbons (Fsp3) is 0.615. The molecule has 5 nitrogen and oxygen atoms in total. The van der Waals surface area contributed by atoms with Gasteiger partial charge in [-0.2, -0.15) is 0 Å². The Bertz CT molecular complexity index is 395. The molecule has 2 rings (SSSR count). The summed E-state index contributed by atoms with van der Waals surface area (Å²) in [6.07, 6.45) is 3.53. The van der Waals surface area contributed by atoms with Crippen molar-refractivity contribution >= 4 is 27.3 Å².